The number of hydrogen-bond donors (Lipinski definition) is 0. The van der Waals surface area contributed by atoms with E-state index < -0.39 is 0 Å². The maximum atomic E-state index is 5.38. The van der Waals surface area contributed by atoms with E-state index in [0.29, 0.717) is 6.10 Å². The third kappa shape index (κ3) is 4.27. The summed E-state index contributed by atoms with van der Waals surface area (Å²) in [4.78, 5) is 0. The number of rotatable bonds is 1. The molecule has 1 nitrogen and oxygen atoms in total. The fourth-order valence-corrected chi connectivity index (χ4v) is 2.37. The molecular formula is C8H16B2OS. The second kappa shape index (κ2) is 6.67. The number of allylic oxidation sites excluding steroid dienone is 1. The summed E-state index contributed by atoms with van der Waals surface area (Å²) in [5.41, 5.74) is 0. The molecule has 0 spiro atoms. The van der Waals surface area contributed by atoms with Crippen molar-refractivity contribution in [2.24, 2.45) is 0 Å². The van der Waals surface area contributed by atoms with Gasteiger partial charge in [-0.25, -0.2) is 0 Å². The quantitative estimate of drug-likeness (QED) is 0.555. The van der Waals surface area contributed by atoms with Crippen LogP contribution in [0.15, 0.2) is 12.1 Å². The van der Waals surface area contributed by atoms with E-state index in [1.807, 2.05) is 19.8 Å². The van der Waals surface area contributed by atoms with Gasteiger partial charge in [0.1, 0.15) is 7.28 Å². The lowest BCUT2D eigenvalue weighted by molar-refractivity contribution is 0.244. The zero-order valence-electron chi connectivity index (χ0n) is 7.79. The SMILES string of the molecule is BO[C@@H]1CCB/C=C/CCSC1. The van der Waals surface area contributed by atoms with Crippen LogP contribution in [0.5, 0.6) is 0 Å². The summed E-state index contributed by atoms with van der Waals surface area (Å²) in [6, 6.07) is 0. The molecule has 0 aromatic rings. The highest BCUT2D eigenvalue weighted by atomic mass is 32.2. The van der Waals surface area contributed by atoms with Crippen molar-refractivity contribution in [2.45, 2.75) is 25.3 Å². The van der Waals surface area contributed by atoms with Gasteiger partial charge in [0.25, 0.3) is 8.05 Å². The van der Waals surface area contributed by atoms with Gasteiger partial charge >= 0.3 is 0 Å². The first kappa shape index (κ1) is 10.3. The Balaban J connectivity index is 2.26. The molecule has 1 rings (SSSR count). The summed E-state index contributed by atoms with van der Waals surface area (Å²) in [6.07, 6.45) is 6.51. The molecule has 0 bridgehead atoms. The molecule has 0 unspecified atom stereocenters. The van der Waals surface area contributed by atoms with Crippen molar-refractivity contribution in [3.8, 4) is 0 Å². The molecule has 0 N–H and O–H groups in total. The van der Waals surface area contributed by atoms with Crippen molar-refractivity contribution in [2.75, 3.05) is 11.5 Å². The van der Waals surface area contributed by atoms with Crippen LogP contribution in [0.4, 0.5) is 0 Å². The third-order valence-electron chi connectivity index (χ3n) is 2.13. The highest BCUT2D eigenvalue weighted by Crippen LogP contribution is 2.12. The Bertz CT molecular complexity index is 141. The lowest BCUT2D eigenvalue weighted by Crippen LogP contribution is -2.15. The minimum Gasteiger partial charge on any atom is -0.440 e. The molecule has 0 radical (unpaired) electrons. The maximum absolute atomic E-state index is 5.38. The smallest absolute Gasteiger partial charge is 0.257 e. The Morgan fingerprint density at radius 3 is 3.33 bits per heavy atom. The van der Waals surface area contributed by atoms with Crippen LogP contribution in [0, 0.1) is 0 Å². The Labute approximate surface area is 81.0 Å². The average Bonchev–Trinajstić information content (AvgIpc) is 2.14. The van der Waals surface area contributed by atoms with Crippen LogP contribution in [0.1, 0.15) is 12.8 Å². The zero-order valence-corrected chi connectivity index (χ0v) is 8.61. The van der Waals surface area contributed by atoms with Gasteiger partial charge in [0.05, 0.1) is 0 Å². The predicted molar refractivity (Wildman–Crippen MR) is 61.1 cm³/mol. The van der Waals surface area contributed by atoms with Crippen LogP contribution in [0.25, 0.3) is 0 Å². The van der Waals surface area contributed by atoms with Crippen molar-refractivity contribution in [3.63, 3.8) is 0 Å². The predicted octanol–water partition coefficient (Wildman–Crippen LogP) is 0.815. The second-order valence-electron chi connectivity index (χ2n) is 3.12. The first-order valence-electron chi connectivity index (χ1n) is 4.69. The molecule has 0 amide bonds. The molecule has 0 fully saturated rings. The van der Waals surface area contributed by atoms with Gasteiger partial charge in [0.15, 0.2) is 0 Å². The Hall–Kier alpha value is 0.180. The fraction of sp³-hybridized carbons (Fsp3) is 0.750. The van der Waals surface area contributed by atoms with E-state index in [9.17, 15) is 0 Å². The van der Waals surface area contributed by atoms with Crippen LogP contribution in [0.3, 0.4) is 0 Å². The monoisotopic (exact) mass is 182 g/mol. The van der Waals surface area contributed by atoms with E-state index in [1.165, 1.54) is 37.9 Å². The van der Waals surface area contributed by atoms with Crippen LogP contribution in [-0.2, 0) is 4.65 Å². The van der Waals surface area contributed by atoms with Gasteiger partial charge in [0.2, 0.25) is 0 Å². The van der Waals surface area contributed by atoms with Gasteiger partial charge < -0.3 is 4.65 Å². The molecule has 0 aromatic heterocycles. The summed E-state index contributed by atoms with van der Waals surface area (Å²) in [7, 11) is 3.05. The van der Waals surface area contributed by atoms with Gasteiger partial charge in [-0.15, -0.1) is 5.98 Å². The van der Waals surface area contributed by atoms with E-state index in [4.69, 9.17) is 4.65 Å². The van der Waals surface area contributed by atoms with Crippen molar-refractivity contribution < 1.29 is 4.65 Å². The van der Waals surface area contributed by atoms with E-state index in [0.717, 1.165) is 0 Å². The van der Waals surface area contributed by atoms with Gasteiger partial charge in [0, 0.05) is 11.9 Å². The fourth-order valence-electron chi connectivity index (χ4n) is 1.33. The Morgan fingerprint density at radius 2 is 2.50 bits per heavy atom. The minimum atomic E-state index is 0.488. The van der Waals surface area contributed by atoms with Crippen LogP contribution in [-0.4, -0.2) is 32.9 Å². The van der Waals surface area contributed by atoms with Crippen LogP contribution < -0.4 is 0 Å². The first-order valence-corrected chi connectivity index (χ1v) is 5.84. The van der Waals surface area contributed by atoms with E-state index in [2.05, 4.69) is 12.1 Å². The van der Waals surface area contributed by atoms with Crippen LogP contribution in [0.2, 0.25) is 6.32 Å². The number of thioether (sulfide) groups is 1. The largest absolute Gasteiger partial charge is 0.440 e. The highest BCUT2D eigenvalue weighted by Gasteiger charge is 2.06. The summed E-state index contributed by atoms with van der Waals surface area (Å²) in [5, 5.41) is 0. The van der Waals surface area contributed by atoms with E-state index in [-0.39, 0.29) is 0 Å². The molecule has 0 aliphatic carbocycles. The molecule has 12 heavy (non-hydrogen) atoms. The van der Waals surface area contributed by atoms with Crippen molar-refractivity contribution in [3.05, 3.63) is 12.1 Å². The highest BCUT2D eigenvalue weighted by molar-refractivity contribution is 7.99. The van der Waals surface area contributed by atoms with E-state index in [1.54, 1.807) is 0 Å². The summed E-state index contributed by atoms with van der Waals surface area (Å²) in [6.45, 7) is 0. The second-order valence-corrected chi connectivity index (χ2v) is 4.27. The van der Waals surface area contributed by atoms with Gasteiger partial charge in [-0.05, 0) is 18.6 Å². The van der Waals surface area contributed by atoms with Crippen molar-refractivity contribution >= 4 is 27.1 Å². The molecule has 1 atom stereocenters. The first-order chi connectivity index (χ1) is 5.93. The standard InChI is InChI=1S/C8H16B2OS/c9-11-8-3-5-10-4-1-2-6-12-7-8/h1,4,8,10H,2-3,5-7,9H2/b4-1+/t8-/m1/s1. The molecule has 0 aromatic carbocycles. The Morgan fingerprint density at radius 1 is 1.58 bits per heavy atom. The number of hydrogen-bond acceptors (Lipinski definition) is 2. The topological polar surface area (TPSA) is 9.23 Å². The lowest BCUT2D eigenvalue weighted by Gasteiger charge is -2.15. The molecule has 1 aliphatic rings. The average molecular weight is 182 g/mol. The van der Waals surface area contributed by atoms with Crippen molar-refractivity contribution in [1.29, 1.82) is 0 Å². The summed E-state index contributed by atoms with van der Waals surface area (Å²) >= 11 is 2.01. The van der Waals surface area contributed by atoms with Gasteiger partial charge in [-0.2, -0.15) is 11.8 Å². The molecular weight excluding hydrogens is 166 g/mol. The minimum absolute atomic E-state index is 0.488. The van der Waals surface area contributed by atoms with Crippen molar-refractivity contribution in [1.82, 2.24) is 0 Å². The normalized spacial score (nSPS) is 28.8. The molecule has 1 aliphatic heterocycles. The van der Waals surface area contributed by atoms with Gasteiger partial charge in [-0.1, -0.05) is 12.4 Å². The van der Waals surface area contributed by atoms with E-state index >= 15 is 0 Å². The third-order valence-corrected chi connectivity index (χ3v) is 3.26. The zero-order chi connectivity index (χ0) is 8.65. The molecule has 1 heterocycles. The summed E-state index contributed by atoms with van der Waals surface area (Å²) in [5.74, 6) is 4.72. The van der Waals surface area contributed by atoms with Gasteiger partial charge in [-0.3, -0.25) is 0 Å². The Kier molecular flexibility index (Phi) is 5.70. The maximum Gasteiger partial charge on any atom is 0.257 e. The lowest BCUT2D eigenvalue weighted by atomic mass is 9.72. The molecule has 0 saturated heterocycles. The van der Waals surface area contributed by atoms with Crippen LogP contribution >= 0.6 is 11.8 Å². The molecule has 0 saturated carbocycles. The summed E-state index contributed by atoms with van der Waals surface area (Å²) < 4.78 is 5.38. The molecule has 66 valence electrons. The molecule has 4 heteroatoms.